The highest BCUT2D eigenvalue weighted by Crippen LogP contribution is 2.36. The van der Waals surface area contributed by atoms with Gasteiger partial charge in [0.1, 0.15) is 0 Å². The fraction of sp³-hybridized carbons (Fsp3) is 0.667. The highest BCUT2D eigenvalue weighted by Gasteiger charge is 2.28. The average Bonchev–Trinajstić information content (AvgIpc) is 2.63. The summed E-state index contributed by atoms with van der Waals surface area (Å²) in [6.45, 7) is 11.9. The van der Waals surface area contributed by atoms with Crippen LogP contribution in [0, 0.1) is 11.3 Å². The summed E-state index contributed by atoms with van der Waals surface area (Å²) < 4.78 is 0. The SMILES string of the molecule is CC(c1cccc(N)c1)N1CCCC(C(C)(C)C)CC1. The van der Waals surface area contributed by atoms with Crippen molar-refractivity contribution in [2.75, 3.05) is 18.8 Å². The minimum absolute atomic E-state index is 0.441. The minimum atomic E-state index is 0.441. The molecule has 2 heteroatoms. The van der Waals surface area contributed by atoms with E-state index in [1.54, 1.807) is 0 Å². The van der Waals surface area contributed by atoms with Crippen molar-refractivity contribution in [1.29, 1.82) is 0 Å². The molecule has 1 fully saturated rings. The number of likely N-dealkylation sites (tertiary alicyclic amines) is 1. The lowest BCUT2D eigenvalue weighted by Gasteiger charge is -2.31. The number of hydrogen-bond acceptors (Lipinski definition) is 2. The molecule has 2 nitrogen and oxygen atoms in total. The summed E-state index contributed by atoms with van der Waals surface area (Å²) in [5.74, 6) is 0.848. The predicted molar refractivity (Wildman–Crippen MR) is 87.6 cm³/mol. The maximum Gasteiger partial charge on any atom is 0.0320 e. The first-order valence-electron chi connectivity index (χ1n) is 7.97. The molecule has 0 radical (unpaired) electrons. The van der Waals surface area contributed by atoms with Crippen molar-refractivity contribution in [3.63, 3.8) is 0 Å². The monoisotopic (exact) mass is 274 g/mol. The minimum Gasteiger partial charge on any atom is -0.399 e. The Morgan fingerprint density at radius 2 is 1.95 bits per heavy atom. The second-order valence-corrected chi connectivity index (χ2v) is 7.38. The van der Waals surface area contributed by atoms with Crippen LogP contribution in [0.3, 0.4) is 0 Å². The van der Waals surface area contributed by atoms with Gasteiger partial charge in [0.2, 0.25) is 0 Å². The van der Waals surface area contributed by atoms with Crippen molar-refractivity contribution in [2.24, 2.45) is 11.3 Å². The van der Waals surface area contributed by atoms with Gasteiger partial charge >= 0.3 is 0 Å². The number of nitrogens with zero attached hydrogens (tertiary/aromatic N) is 1. The summed E-state index contributed by atoms with van der Waals surface area (Å²) in [5, 5.41) is 0. The summed E-state index contributed by atoms with van der Waals surface area (Å²) in [6.07, 6.45) is 3.99. The Morgan fingerprint density at radius 3 is 2.60 bits per heavy atom. The molecule has 0 bridgehead atoms. The molecule has 0 aromatic heterocycles. The van der Waals surface area contributed by atoms with E-state index in [2.05, 4.69) is 50.8 Å². The van der Waals surface area contributed by atoms with Crippen LogP contribution in [0.15, 0.2) is 24.3 Å². The lowest BCUT2D eigenvalue weighted by Crippen LogP contribution is -2.29. The van der Waals surface area contributed by atoms with Gasteiger partial charge in [0.15, 0.2) is 0 Å². The molecule has 2 unspecified atom stereocenters. The number of hydrogen-bond donors (Lipinski definition) is 1. The first-order valence-corrected chi connectivity index (χ1v) is 7.97. The fourth-order valence-electron chi connectivity index (χ4n) is 3.40. The molecule has 2 N–H and O–H groups in total. The smallest absolute Gasteiger partial charge is 0.0320 e. The molecule has 20 heavy (non-hydrogen) atoms. The van der Waals surface area contributed by atoms with Gasteiger partial charge in [-0.2, -0.15) is 0 Å². The summed E-state index contributed by atoms with van der Waals surface area (Å²) in [7, 11) is 0. The third kappa shape index (κ3) is 3.76. The highest BCUT2D eigenvalue weighted by molar-refractivity contribution is 5.41. The molecular weight excluding hydrogens is 244 g/mol. The number of nitrogen functional groups attached to an aromatic ring is 1. The van der Waals surface area contributed by atoms with E-state index in [0.717, 1.165) is 11.6 Å². The van der Waals surface area contributed by atoms with Gasteiger partial charge in [-0.05, 0) is 68.3 Å². The number of anilines is 1. The first kappa shape index (κ1) is 15.4. The van der Waals surface area contributed by atoms with Crippen LogP contribution in [-0.2, 0) is 0 Å². The lowest BCUT2D eigenvalue weighted by atomic mass is 9.77. The van der Waals surface area contributed by atoms with Crippen LogP contribution >= 0.6 is 0 Å². The van der Waals surface area contributed by atoms with Gasteiger partial charge in [0.25, 0.3) is 0 Å². The standard InChI is InChI=1S/C18H30N2/c1-14(15-7-5-9-17(19)13-15)20-11-6-8-16(10-12-20)18(2,3)4/h5,7,9,13-14,16H,6,8,10-12,19H2,1-4H3. The molecule has 1 aliphatic rings. The second-order valence-electron chi connectivity index (χ2n) is 7.38. The average molecular weight is 274 g/mol. The molecular formula is C18H30N2. The highest BCUT2D eigenvalue weighted by atomic mass is 15.1. The van der Waals surface area contributed by atoms with Gasteiger partial charge in [0.05, 0.1) is 0 Å². The van der Waals surface area contributed by atoms with Gasteiger partial charge in [-0.15, -0.1) is 0 Å². The van der Waals surface area contributed by atoms with Crippen LogP contribution in [0.4, 0.5) is 5.69 Å². The van der Waals surface area contributed by atoms with E-state index in [9.17, 15) is 0 Å². The summed E-state index contributed by atoms with van der Waals surface area (Å²) in [4.78, 5) is 2.63. The summed E-state index contributed by atoms with van der Waals surface area (Å²) in [6, 6.07) is 8.83. The Bertz CT molecular complexity index is 433. The molecule has 0 aliphatic carbocycles. The van der Waals surface area contributed by atoms with E-state index in [0.29, 0.717) is 11.5 Å². The van der Waals surface area contributed by atoms with Crippen molar-refractivity contribution in [3.8, 4) is 0 Å². The Labute approximate surface area is 124 Å². The largest absolute Gasteiger partial charge is 0.399 e. The van der Waals surface area contributed by atoms with E-state index in [1.165, 1.54) is 37.9 Å². The Hall–Kier alpha value is -1.02. The molecule has 0 saturated carbocycles. The van der Waals surface area contributed by atoms with Gasteiger partial charge in [-0.3, -0.25) is 4.90 Å². The van der Waals surface area contributed by atoms with Crippen molar-refractivity contribution >= 4 is 5.69 Å². The summed E-state index contributed by atoms with van der Waals surface area (Å²) in [5.41, 5.74) is 8.58. The van der Waals surface area contributed by atoms with E-state index < -0.39 is 0 Å². The van der Waals surface area contributed by atoms with Crippen LogP contribution in [0.2, 0.25) is 0 Å². The zero-order valence-corrected chi connectivity index (χ0v) is 13.5. The van der Waals surface area contributed by atoms with Crippen molar-refractivity contribution in [2.45, 2.75) is 53.0 Å². The molecule has 1 saturated heterocycles. The molecule has 112 valence electrons. The van der Waals surface area contributed by atoms with Crippen molar-refractivity contribution in [1.82, 2.24) is 4.90 Å². The Morgan fingerprint density at radius 1 is 1.20 bits per heavy atom. The van der Waals surface area contributed by atoms with Crippen LogP contribution in [0.5, 0.6) is 0 Å². The zero-order valence-electron chi connectivity index (χ0n) is 13.5. The Balaban J connectivity index is 2.03. The zero-order chi connectivity index (χ0) is 14.8. The van der Waals surface area contributed by atoms with E-state index in [-0.39, 0.29) is 0 Å². The van der Waals surface area contributed by atoms with E-state index >= 15 is 0 Å². The predicted octanol–water partition coefficient (Wildman–Crippen LogP) is 4.48. The first-order chi connectivity index (χ1) is 9.38. The normalized spacial score (nSPS) is 23.3. The second kappa shape index (κ2) is 6.17. The molecule has 2 rings (SSSR count). The van der Waals surface area contributed by atoms with Gasteiger partial charge < -0.3 is 5.73 Å². The lowest BCUT2D eigenvalue weighted by molar-refractivity contribution is 0.189. The van der Waals surface area contributed by atoms with Gasteiger partial charge in [-0.1, -0.05) is 32.9 Å². The number of rotatable bonds is 2. The van der Waals surface area contributed by atoms with Crippen LogP contribution in [0.25, 0.3) is 0 Å². The third-order valence-electron chi connectivity index (χ3n) is 4.93. The molecule has 2 atom stereocenters. The molecule has 1 heterocycles. The molecule has 1 aromatic rings. The maximum atomic E-state index is 5.92. The van der Waals surface area contributed by atoms with Crippen LogP contribution < -0.4 is 5.73 Å². The molecule has 0 spiro atoms. The Kier molecular flexibility index (Phi) is 4.74. The van der Waals surface area contributed by atoms with Gasteiger partial charge in [-0.25, -0.2) is 0 Å². The van der Waals surface area contributed by atoms with Gasteiger partial charge in [0, 0.05) is 11.7 Å². The third-order valence-corrected chi connectivity index (χ3v) is 4.93. The maximum absolute atomic E-state index is 5.92. The molecule has 1 aliphatic heterocycles. The van der Waals surface area contributed by atoms with Crippen LogP contribution in [-0.4, -0.2) is 18.0 Å². The molecule has 1 aromatic carbocycles. The number of nitrogens with two attached hydrogens (primary N) is 1. The topological polar surface area (TPSA) is 29.3 Å². The van der Waals surface area contributed by atoms with E-state index in [1.807, 2.05) is 6.07 Å². The number of benzene rings is 1. The summed E-state index contributed by atoms with van der Waals surface area (Å²) >= 11 is 0. The van der Waals surface area contributed by atoms with E-state index in [4.69, 9.17) is 5.73 Å². The molecule has 0 amide bonds. The van der Waals surface area contributed by atoms with Crippen molar-refractivity contribution in [3.05, 3.63) is 29.8 Å². The quantitative estimate of drug-likeness (QED) is 0.806. The van der Waals surface area contributed by atoms with Crippen LogP contribution in [0.1, 0.15) is 58.6 Å². The fourth-order valence-corrected chi connectivity index (χ4v) is 3.40. The van der Waals surface area contributed by atoms with Crippen molar-refractivity contribution < 1.29 is 0 Å².